The summed E-state index contributed by atoms with van der Waals surface area (Å²) in [6.07, 6.45) is 0. The number of nitrogens with two attached hydrogens (primary N) is 1. The van der Waals surface area contributed by atoms with Crippen LogP contribution >= 0.6 is 0 Å². The van der Waals surface area contributed by atoms with Gasteiger partial charge >= 0.3 is 0 Å². The highest BCUT2D eigenvalue weighted by Crippen LogP contribution is 2.29. The number of hydrogen-bond acceptors (Lipinski definition) is 3. The van der Waals surface area contributed by atoms with Gasteiger partial charge in [-0.15, -0.1) is 0 Å². The molecule has 0 fully saturated rings. The lowest BCUT2D eigenvalue weighted by Crippen LogP contribution is -1.98. The first-order valence-corrected chi connectivity index (χ1v) is 6.32. The minimum atomic E-state index is -0.286. The number of aryl methyl sites for hydroxylation is 1. The maximum atomic E-state index is 13.2. The van der Waals surface area contributed by atoms with Gasteiger partial charge in [-0.25, -0.2) is 9.37 Å². The fourth-order valence-corrected chi connectivity index (χ4v) is 2.23. The van der Waals surface area contributed by atoms with Gasteiger partial charge in [-0.05, 0) is 37.3 Å². The van der Waals surface area contributed by atoms with E-state index in [2.05, 4.69) is 10.3 Å². The molecule has 0 aliphatic carbocycles. The first-order valence-electron chi connectivity index (χ1n) is 6.32. The Kier molecular flexibility index (Phi) is 2.99. The van der Waals surface area contributed by atoms with Crippen LogP contribution in [-0.2, 0) is 0 Å². The number of hydrogen-bond donors (Lipinski definition) is 2. The van der Waals surface area contributed by atoms with E-state index in [9.17, 15) is 4.39 Å². The van der Waals surface area contributed by atoms with Crippen molar-refractivity contribution < 1.29 is 4.39 Å². The molecule has 100 valence electrons. The van der Waals surface area contributed by atoms with Gasteiger partial charge in [0.1, 0.15) is 11.6 Å². The van der Waals surface area contributed by atoms with Crippen molar-refractivity contribution in [2.45, 2.75) is 6.92 Å². The fourth-order valence-electron chi connectivity index (χ4n) is 2.23. The third-order valence-corrected chi connectivity index (χ3v) is 3.12. The molecule has 0 aliphatic rings. The SMILES string of the molecule is Cc1cc2c(N)cccc2c(Nc2cccc(F)c2)n1. The Bertz CT molecular complexity index is 784. The van der Waals surface area contributed by atoms with Crippen LogP contribution in [0, 0.1) is 12.7 Å². The molecule has 0 saturated heterocycles. The monoisotopic (exact) mass is 267 g/mol. The van der Waals surface area contributed by atoms with Crippen molar-refractivity contribution in [3.05, 3.63) is 60.0 Å². The molecular weight excluding hydrogens is 253 g/mol. The summed E-state index contributed by atoms with van der Waals surface area (Å²) in [6, 6.07) is 13.9. The van der Waals surface area contributed by atoms with Crippen molar-refractivity contribution in [2.24, 2.45) is 0 Å². The highest BCUT2D eigenvalue weighted by atomic mass is 19.1. The van der Waals surface area contributed by atoms with Gasteiger partial charge in [0.05, 0.1) is 0 Å². The van der Waals surface area contributed by atoms with Crippen molar-refractivity contribution in [3.8, 4) is 0 Å². The fraction of sp³-hybridized carbons (Fsp3) is 0.0625. The molecule has 0 spiro atoms. The second-order valence-corrected chi connectivity index (χ2v) is 4.69. The Hall–Kier alpha value is -2.62. The zero-order valence-corrected chi connectivity index (χ0v) is 11.0. The number of pyridine rings is 1. The molecule has 20 heavy (non-hydrogen) atoms. The van der Waals surface area contributed by atoms with Crippen molar-refractivity contribution in [2.75, 3.05) is 11.1 Å². The summed E-state index contributed by atoms with van der Waals surface area (Å²) in [6.45, 7) is 1.91. The van der Waals surface area contributed by atoms with Gasteiger partial charge < -0.3 is 11.1 Å². The molecule has 0 bridgehead atoms. The number of benzene rings is 2. The molecule has 0 amide bonds. The Morgan fingerprint density at radius 2 is 1.85 bits per heavy atom. The van der Waals surface area contributed by atoms with Crippen LogP contribution in [-0.4, -0.2) is 4.98 Å². The molecule has 3 aromatic rings. The number of fused-ring (bicyclic) bond motifs is 1. The van der Waals surface area contributed by atoms with Crippen LogP contribution in [0.5, 0.6) is 0 Å². The van der Waals surface area contributed by atoms with E-state index in [0.717, 1.165) is 16.5 Å². The van der Waals surface area contributed by atoms with Gasteiger partial charge in [0.15, 0.2) is 0 Å². The van der Waals surface area contributed by atoms with Crippen LogP contribution in [0.15, 0.2) is 48.5 Å². The van der Waals surface area contributed by atoms with E-state index in [4.69, 9.17) is 5.73 Å². The van der Waals surface area contributed by atoms with Gasteiger partial charge in [0.2, 0.25) is 0 Å². The summed E-state index contributed by atoms with van der Waals surface area (Å²) in [5.41, 5.74) is 8.21. The largest absolute Gasteiger partial charge is 0.398 e. The first kappa shape index (κ1) is 12.4. The summed E-state index contributed by atoms with van der Waals surface area (Å²) in [5, 5.41) is 5.01. The molecule has 1 heterocycles. The van der Waals surface area contributed by atoms with Crippen molar-refractivity contribution in [1.29, 1.82) is 0 Å². The molecule has 1 aromatic heterocycles. The third kappa shape index (κ3) is 2.28. The van der Waals surface area contributed by atoms with Gasteiger partial charge in [-0.1, -0.05) is 18.2 Å². The minimum Gasteiger partial charge on any atom is -0.398 e. The molecule has 0 radical (unpaired) electrons. The van der Waals surface area contributed by atoms with Crippen molar-refractivity contribution in [3.63, 3.8) is 0 Å². The molecule has 3 rings (SSSR count). The first-order chi connectivity index (χ1) is 9.63. The highest BCUT2D eigenvalue weighted by molar-refractivity contribution is 6.00. The Morgan fingerprint density at radius 3 is 2.65 bits per heavy atom. The maximum Gasteiger partial charge on any atom is 0.138 e. The zero-order chi connectivity index (χ0) is 14.1. The van der Waals surface area contributed by atoms with Crippen LogP contribution in [0.1, 0.15) is 5.69 Å². The van der Waals surface area contributed by atoms with E-state index >= 15 is 0 Å². The molecule has 4 heteroatoms. The molecule has 0 aliphatic heterocycles. The molecule has 3 N–H and O–H groups in total. The number of anilines is 3. The van der Waals surface area contributed by atoms with Gasteiger partial charge in [-0.2, -0.15) is 0 Å². The zero-order valence-electron chi connectivity index (χ0n) is 11.0. The molecular formula is C16H14FN3. The summed E-state index contributed by atoms with van der Waals surface area (Å²) in [7, 11) is 0. The predicted octanol–water partition coefficient (Wildman–Crippen LogP) is 4.01. The number of nitrogen functional groups attached to an aromatic ring is 1. The minimum absolute atomic E-state index is 0.286. The lowest BCUT2D eigenvalue weighted by atomic mass is 10.1. The standard InChI is InChI=1S/C16H14FN3/c1-10-8-14-13(6-3-7-15(14)18)16(19-10)20-12-5-2-4-11(17)9-12/h2-9H,18H2,1H3,(H,19,20). The second-order valence-electron chi connectivity index (χ2n) is 4.69. The third-order valence-electron chi connectivity index (χ3n) is 3.12. The molecule has 2 aromatic carbocycles. The van der Waals surface area contributed by atoms with Gasteiger partial charge in [-0.3, -0.25) is 0 Å². The normalized spacial score (nSPS) is 10.7. The molecule has 0 atom stereocenters. The van der Waals surface area contributed by atoms with Crippen LogP contribution in [0.4, 0.5) is 21.6 Å². The van der Waals surface area contributed by atoms with E-state index in [1.807, 2.05) is 31.2 Å². The topological polar surface area (TPSA) is 50.9 Å². The van der Waals surface area contributed by atoms with Crippen LogP contribution in [0.2, 0.25) is 0 Å². The molecule has 3 nitrogen and oxygen atoms in total. The van der Waals surface area contributed by atoms with E-state index in [1.54, 1.807) is 12.1 Å². The number of nitrogens with zero attached hydrogens (tertiary/aromatic N) is 1. The Labute approximate surface area is 116 Å². The quantitative estimate of drug-likeness (QED) is 0.690. The van der Waals surface area contributed by atoms with Crippen LogP contribution in [0.3, 0.4) is 0 Å². The lowest BCUT2D eigenvalue weighted by Gasteiger charge is -2.11. The average Bonchev–Trinajstić information content (AvgIpc) is 2.40. The van der Waals surface area contributed by atoms with Crippen LogP contribution < -0.4 is 11.1 Å². The number of rotatable bonds is 2. The van der Waals surface area contributed by atoms with E-state index in [-0.39, 0.29) is 5.82 Å². The predicted molar refractivity (Wildman–Crippen MR) is 80.6 cm³/mol. The van der Waals surface area contributed by atoms with E-state index in [1.165, 1.54) is 12.1 Å². The molecule has 0 unspecified atom stereocenters. The Balaban J connectivity index is 2.14. The van der Waals surface area contributed by atoms with Crippen molar-refractivity contribution >= 4 is 28.0 Å². The highest BCUT2D eigenvalue weighted by Gasteiger charge is 2.07. The van der Waals surface area contributed by atoms with E-state index in [0.29, 0.717) is 17.2 Å². The summed E-state index contributed by atoms with van der Waals surface area (Å²) in [4.78, 5) is 4.48. The summed E-state index contributed by atoms with van der Waals surface area (Å²) >= 11 is 0. The number of halogens is 1. The van der Waals surface area contributed by atoms with Crippen molar-refractivity contribution in [1.82, 2.24) is 4.98 Å². The average molecular weight is 267 g/mol. The summed E-state index contributed by atoms with van der Waals surface area (Å²) < 4.78 is 13.2. The van der Waals surface area contributed by atoms with Gasteiger partial charge in [0.25, 0.3) is 0 Å². The lowest BCUT2D eigenvalue weighted by molar-refractivity contribution is 0.628. The molecule has 0 saturated carbocycles. The Morgan fingerprint density at radius 1 is 1.05 bits per heavy atom. The second kappa shape index (κ2) is 4.81. The number of aromatic nitrogens is 1. The number of nitrogens with one attached hydrogen (secondary N) is 1. The van der Waals surface area contributed by atoms with Gasteiger partial charge in [0, 0.05) is 27.8 Å². The van der Waals surface area contributed by atoms with Crippen LogP contribution in [0.25, 0.3) is 10.8 Å². The smallest absolute Gasteiger partial charge is 0.138 e. The maximum absolute atomic E-state index is 13.2. The summed E-state index contributed by atoms with van der Waals surface area (Å²) in [5.74, 6) is 0.393. The van der Waals surface area contributed by atoms with E-state index < -0.39 is 0 Å².